The lowest BCUT2D eigenvalue weighted by Gasteiger charge is -2.31. The number of piperidine rings is 1. The molecule has 1 amide bonds. The first-order valence-electron chi connectivity index (χ1n) is 11.3. The third kappa shape index (κ3) is 4.98. The molecule has 0 bridgehead atoms. The zero-order chi connectivity index (χ0) is 24.3. The molecule has 4 rings (SSSR count). The van der Waals surface area contributed by atoms with Gasteiger partial charge in [0.1, 0.15) is 5.69 Å². The molecule has 0 aliphatic carbocycles. The number of hydrogen-bond donors (Lipinski definition) is 1. The second-order valence-corrected chi connectivity index (χ2v) is 10.5. The molecule has 1 N–H and O–H groups in total. The van der Waals surface area contributed by atoms with Crippen molar-refractivity contribution >= 4 is 33.8 Å². The van der Waals surface area contributed by atoms with Crippen molar-refractivity contribution in [3.05, 3.63) is 76.7 Å². The average Bonchev–Trinajstić information content (AvgIpc) is 3.22. The lowest BCUT2D eigenvalue weighted by molar-refractivity contribution is -0.120. The quantitative estimate of drug-likeness (QED) is 0.548. The second-order valence-electron chi connectivity index (χ2n) is 8.64. The lowest BCUT2D eigenvalue weighted by Crippen LogP contribution is -2.44. The van der Waals surface area contributed by atoms with E-state index >= 15 is 0 Å². The van der Waals surface area contributed by atoms with Crippen LogP contribution in [0, 0.1) is 26.7 Å². The van der Waals surface area contributed by atoms with Crippen LogP contribution in [0.2, 0.25) is 0 Å². The fourth-order valence-corrected chi connectivity index (χ4v) is 5.93. The van der Waals surface area contributed by atoms with Crippen molar-refractivity contribution in [1.29, 1.82) is 0 Å². The van der Waals surface area contributed by atoms with Gasteiger partial charge in [-0.3, -0.25) is 4.79 Å². The molecule has 7 nitrogen and oxygen atoms in total. The van der Waals surface area contributed by atoms with Gasteiger partial charge in [0, 0.05) is 18.8 Å². The van der Waals surface area contributed by atoms with E-state index in [1.807, 2.05) is 62.4 Å². The van der Waals surface area contributed by atoms with Gasteiger partial charge < -0.3 is 9.84 Å². The van der Waals surface area contributed by atoms with Crippen molar-refractivity contribution in [3.63, 3.8) is 0 Å². The van der Waals surface area contributed by atoms with E-state index in [1.54, 1.807) is 19.1 Å². The molecule has 1 aromatic heterocycles. The Kier molecular flexibility index (Phi) is 7.00. The van der Waals surface area contributed by atoms with Crippen molar-refractivity contribution in [2.75, 3.05) is 18.4 Å². The van der Waals surface area contributed by atoms with Crippen LogP contribution in [-0.4, -0.2) is 36.9 Å². The number of aromatic nitrogens is 1. The van der Waals surface area contributed by atoms with E-state index in [2.05, 4.69) is 10.5 Å². The van der Waals surface area contributed by atoms with Crippen LogP contribution >= 0.6 is 0 Å². The SMILES string of the molecule is Cc1cccc(NC(=O)[C@H]2CCCN(S(=O)(=O)c3c(C)noc3/C=C/c3ccccc3)C2)c1C. The molecule has 1 aliphatic rings. The number of carbonyl (C=O) groups excluding carboxylic acids is 1. The molecule has 2 heterocycles. The minimum Gasteiger partial charge on any atom is -0.355 e. The number of sulfonamides is 1. The van der Waals surface area contributed by atoms with E-state index in [4.69, 9.17) is 4.52 Å². The second kappa shape index (κ2) is 9.95. The highest BCUT2D eigenvalue weighted by Gasteiger charge is 2.37. The summed E-state index contributed by atoms with van der Waals surface area (Å²) in [5.74, 6) is -0.421. The number of nitrogens with zero attached hydrogens (tertiary/aromatic N) is 2. The van der Waals surface area contributed by atoms with Crippen LogP contribution in [0.3, 0.4) is 0 Å². The van der Waals surface area contributed by atoms with Gasteiger partial charge in [0.25, 0.3) is 0 Å². The number of nitrogens with one attached hydrogen (secondary N) is 1. The van der Waals surface area contributed by atoms with Crippen molar-refractivity contribution < 1.29 is 17.7 Å². The molecule has 0 unspecified atom stereocenters. The zero-order valence-electron chi connectivity index (χ0n) is 19.6. The maximum Gasteiger partial charge on any atom is 0.248 e. The zero-order valence-corrected chi connectivity index (χ0v) is 20.4. The number of benzene rings is 2. The predicted molar refractivity (Wildman–Crippen MR) is 133 cm³/mol. The van der Waals surface area contributed by atoms with Crippen molar-refractivity contribution in [1.82, 2.24) is 9.46 Å². The summed E-state index contributed by atoms with van der Waals surface area (Å²) >= 11 is 0. The Morgan fingerprint density at radius 3 is 2.62 bits per heavy atom. The number of amides is 1. The van der Waals surface area contributed by atoms with Gasteiger partial charge in [-0.25, -0.2) is 8.42 Å². The van der Waals surface area contributed by atoms with E-state index in [1.165, 1.54) is 4.31 Å². The Morgan fingerprint density at radius 2 is 1.85 bits per heavy atom. The van der Waals surface area contributed by atoms with Crippen LogP contribution in [0.15, 0.2) is 57.9 Å². The highest BCUT2D eigenvalue weighted by Crippen LogP contribution is 2.30. The monoisotopic (exact) mass is 479 g/mol. The van der Waals surface area contributed by atoms with E-state index in [0.29, 0.717) is 25.1 Å². The van der Waals surface area contributed by atoms with Gasteiger partial charge in [-0.2, -0.15) is 4.31 Å². The Bertz CT molecular complexity index is 1310. The van der Waals surface area contributed by atoms with Crippen molar-refractivity contribution in [2.24, 2.45) is 5.92 Å². The lowest BCUT2D eigenvalue weighted by atomic mass is 9.98. The molecule has 1 fully saturated rings. The number of aryl methyl sites for hydroxylation is 2. The highest BCUT2D eigenvalue weighted by atomic mass is 32.2. The number of hydrogen-bond acceptors (Lipinski definition) is 5. The molecule has 34 heavy (non-hydrogen) atoms. The minimum atomic E-state index is -3.89. The Hall–Kier alpha value is -3.23. The van der Waals surface area contributed by atoms with Crippen LogP contribution in [0.5, 0.6) is 0 Å². The molecule has 178 valence electrons. The normalized spacial score (nSPS) is 17.2. The Labute approximate surface area is 200 Å². The van der Waals surface area contributed by atoms with E-state index in [9.17, 15) is 13.2 Å². The maximum atomic E-state index is 13.6. The number of carbonyl (C=O) groups is 1. The maximum absolute atomic E-state index is 13.6. The summed E-state index contributed by atoms with van der Waals surface area (Å²) in [4.78, 5) is 13.1. The summed E-state index contributed by atoms with van der Waals surface area (Å²) in [5.41, 5.74) is 4.07. The molecule has 1 aliphatic heterocycles. The number of anilines is 1. The van der Waals surface area contributed by atoms with Crippen molar-refractivity contribution in [2.45, 2.75) is 38.5 Å². The van der Waals surface area contributed by atoms with Crippen molar-refractivity contribution in [3.8, 4) is 0 Å². The molecule has 0 radical (unpaired) electrons. The van der Waals surface area contributed by atoms with Crippen LogP contribution in [0.1, 0.15) is 41.0 Å². The molecular formula is C26H29N3O4S. The molecule has 8 heteroatoms. The summed E-state index contributed by atoms with van der Waals surface area (Å²) in [6.45, 7) is 6.03. The summed E-state index contributed by atoms with van der Waals surface area (Å²) in [7, 11) is -3.89. The van der Waals surface area contributed by atoms with Crippen LogP contribution in [-0.2, 0) is 14.8 Å². The Morgan fingerprint density at radius 1 is 1.09 bits per heavy atom. The molecular weight excluding hydrogens is 450 g/mol. The molecule has 1 atom stereocenters. The summed E-state index contributed by atoms with van der Waals surface area (Å²) in [5, 5.41) is 6.89. The van der Waals surface area contributed by atoms with Gasteiger partial charge in [-0.05, 0) is 62.4 Å². The average molecular weight is 480 g/mol. The third-order valence-corrected chi connectivity index (χ3v) is 8.30. The molecule has 2 aromatic carbocycles. The first kappa shape index (κ1) is 23.9. The highest BCUT2D eigenvalue weighted by molar-refractivity contribution is 7.89. The van der Waals surface area contributed by atoms with Gasteiger partial charge >= 0.3 is 0 Å². The molecule has 0 saturated carbocycles. The van der Waals surface area contributed by atoms with Crippen LogP contribution in [0.25, 0.3) is 12.2 Å². The van der Waals surface area contributed by atoms with Gasteiger partial charge in [-0.15, -0.1) is 0 Å². The Balaban J connectivity index is 1.54. The van der Waals surface area contributed by atoms with Gasteiger partial charge in [-0.1, -0.05) is 53.7 Å². The fraction of sp³-hybridized carbons (Fsp3) is 0.308. The van der Waals surface area contributed by atoms with Gasteiger partial charge in [0.05, 0.1) is 5.92 Å². The molecule has 1 saturated heterocycles. The third-order valence-electron chi connectivity index (χ3n) is 6.28. The topological polar surface area (TPSA) is 92.5 Å². The van der Waals surface area contributed by atoms with E-state index in [0.717, 1.165) is 22.4 Å². The summed E-state index contributed by atoms with van der Waals surface area (Å²) in [6, 6.07) is 15.3. The van der Waals surface area contributed by atoms with Gasteiger partial charge in [0.15, 0.2) is 10.7 Å². The van der Waals surface area contributed by atoms with E-state index in [-0.39, 0.29) is 23.1 Å². The standard InChI is InChI=1S/C26H29N3O4S/c1-18-9-7-13-23(19(18)2)27-26(30)22-12-8-16-29(17-22)34(31,32)25-20(3)28-33-24(25)15-14-21-10-5-4-6-11-21/h4-7,9-11,13-15,22H,8,12,16-17H2,1-3H3,(H,27,30)/b15-14+/t22-/m0/s1. The smallest absolute Gasteiger partial charge is 0.248 e. The fourth-order valence-electron chi connectivity index (χ4n) is 4.16. The van der Waals surface area contributed by atoms with Gasteiger partial charge in [0.2, 0.25) is 15.9 Å². The van der Waals surface area contributed by atoms with E-state index < -0.39 is 15.9 Å². The number of rotatable bonds is 6. The molecule has 0 spiro atoms. The summed E-state index contributed by atoms with van der Waals surface area (Å²) < 4.78 is 33.9. The summed E-state index contributed by atoms with van der Waals surface area (Å²) in [6.07, 6.45) is 4.64. The first-order valence-corrected chi connectivity index (χ1v) is 12.8. The van der Waals surface area contributed by atoms with Crippen LogP contribution in [0.4, 0.5) is 5.69 Å². The van der Waals surface area contributed by atoms with Crippen LogP contribution < -0.4 is 5.32 Å². The minimum absolute atomic E-state index is 0.0512. The largest absolute Gasteiger partial charge is 0.355 e. The molecule has 3 aromatic rings. The predicted octanol–water partition coefficient (Wildman–Crippen LogP) is 4.81. The first-order chi connectivity index (χ1) is 16.3.